The highest BCUT2D eigenvalue weighted by Crippen LogP contribution is 2.47. The number of thiazole rings is 1. The van der Waals surface area contributed by atoms with Crippen LogP contribution in [0, 0.1) is 13.8 Å². The largest absolute Gasteiger partial charge is 0.507 e. The van der Waals surface area contributed by atoms with Crippen molar-refractivity contribution in [3.63, 3.8) is 0 Å². The molecule has 42 heavy (non-hydrogen) atoms. The number of anilines is 1. The molecule has 6 rings (SSSR count). The fourth-order valence-corrected chi connectivity index (χ4v) is 6.56. The number of ether oxygens (including phenoxy) is 4. The second-order valence-electron chi connectivity index (χ2n) is 10.0. The van der Waals surface area contributed by atoms with Crippen molar-refractivity contribution in [2.45, 2.75) is 33.7 Å². The Morgan fingerprint density at radius 3 is 2.48 bits per heavy atom. The van der Waals surface area contributed by atoms with Crippen molar-refractivity contribution in [3.05, 3.63) is 76.4 Å². The number of aromatic nitrogens is 1. The maximum Gasteiger partial charge on any atom is 0.301 e. The molecular weight excluding hydrogens is 556 g/mol. The summed E-state index contributed by atoms with van der Waals surface area (Å²) < 4.78 is 23.8. The molecule has 1 N–H and O–H groups in total. The summed E-state index contributed by atoms with van der Waals surface area (Å²) in [5, 5.41) is 12.0. The molecule has 1 fully saturated rings. The Hall–Kier alpha value is -4.57. The Labute approximate surface area is 246 Å². The van der Waals surface area contributed by atoms with Crippen molar-refractivity contribution < 1.29 is 33.6 Å². The van der Waals surface area contributed by atoms with Crippen molar-refractivity contribution >= 4 is 44.1 Å². The van der Waals surface area contributed by atoms with Crippen LogP contribution in [0.1, 0.15) is 42.1 Å². The van der Waals surface area contributed by atoms with Gasteiger partial charge in [-0.25, -0.2) is 4.98 Å². The van der Waals surface area contributed by atoms with Crippen LogP contribution >= 0.6 is 11.3 Å². The normalized spacial score (nSPS) is 17.6. The number of fused-ring (bicyclic) bond motifs is 2. The number of hydrogen-bond acceptors (Lipinski definition) is 9. The SMILES string of the molecule is CCOc1ccc([C@@H]2/C(=C(\O)c3ccc4c(c3)OCCO4)C(=O)C(=O)N2c2nc3c(C)cc(C)cc3s2)cc1OCC. The standard InChI is InChI=1S/C32H30N2O7S/c1-5-38-21-9-7-19(15-23(21)39-6-2)28-26(29(35)20-8-10-22-24(16-20)41-12-11-40-22)30(36)31(37)34(28)32-33-27-18(4)13-17(3)14-25(27)42-32/h7-10,13-16,28,35H,5-6,11-12H2,1-4H3/b29-26+/t28-/m1/s1. The summed E-state index contributed by atoms with van der Waals surface area (Å²) in [5.41, 5.74) is 3.63. The van der Waals surface area contributed by atoms with Crippen molar-refractivity contribution in [3.8, 4) is 23.0 Å². The predicted octanol–water partition coefficient (Wildman–Crippen LogP) is 6.11. The van der Waals surface area contributed by atoms with Crippen molar-refractivity contribution in [2.24, 2.45) is 0 Å². The number of aryl methyl sites for hydroxylation is 2. The number of amides is 1. The second-order valence-corrected chi connectivity index (χ2v) is 11.0. The third kappa shape index (κ3) is 4.71. The number of rotatable bonds is 7. The summed E-state index contributed by atoms with van der Waals surface area (Å²) >= 11 is 1.33. The van der Waals surface area contributed by atoms with Gasteiger partial charge in [-0.05, 0) is 80.8 Å². The lowest BCUT2D eigenvalue weighted by molar-refractivity contribution is -0.132. The first-order valence-electron chi connectivity index (χ1n) is 13.8. The van der Waals surface area contributed by atoms with Crippen LogP contribution in [0.2, 0.25) is 0 Å². The molecule has 2 aliphatic rings. The summed E-state index contributed by atoms with van der Waals surface area (Å²) in [6.07, 6.45) is 0. The predicted molar refractivity (Wildman–Crippen MR) is 160 cm³/mol. The van der Waals surface area contributed by atoms with Gasteiger partial charge in [0.15, 0.2) is 28.1 Å². The molecule has 9 nitrogen and oxygen atoms in total. The van der Waals surface area contributed by atoms with E-state index in [4.69, 9.17) is 23.9 Å². The highest BCUT2D eigenvalue weighted by atomic mass is 32.1. The zero-order chi connectivity index (χ0) is 29.5. The third-order valence-electron chi connectivity index (χ3n) is 7.17. The van der Waals surface area contributed by atoms with Gasteiger partial charge in [-0.3, -0.25) is 14.5 Å². The second kappa shape index (κ2) is 11.0. The Bertz CT molecular complexity index is 1760. The first-order valence-corrected chi connectivity index (χ1v) is 14.6. The van der Waals surface area contributed by atoms with Gasteiger partial charge in [0, 0.05) is 5.56 Å². The quantitative estimate of drug-likeness (QED) is 0.157. The van der Waals surface area contributed by atoms with E-state index in [1.165, 1.54) is 16.2 Å². The first kappa shape index (κ1) is 27.6. The highest BCUT2D eigenvalue weighted by Gasteiger charge is 2.48. The van der Waals surface area contributed by atoms with E-state index < -0.39 is 17.7 Å². The molecule has 0 radical (unpaired) electrons. The number of nitrogens with zero attached hydrogens (tertiary/aromatic N) is 2. The number of carbonyl (C=O) groups is 2. The molecule has 10 heteroatoms. The Morgan fingerprint density at radius 1 is 0.976 bits per heavy atom. The number of aliphatic hydroxyl groups excluding tert-OH is 1. The maximum atomic E-state index is 13.8. The van der Waals surface area contributed by atoms with Gasteiger partial charge in [0.25, 0.3) is 5.78 Å². The fraction of sp³-hybridized carbons (Fsp3) is 0.281. The van der Waals surface area contributed by atoms with E-state index in [1.807, 2.05) is 39.8 Å². The van der Waals surface area contributed by atoms with Gasteiger partial charge in [-0.15, -0.1) is 0 Å². The monoisotopic (exact) mass is 586 g/mol. The van der Waals surface area contributed by atoms with E-state index in [9.17, 15) is 14.7 Å². The number of ketones is 1. The Morgan fingerprint density at radius 2 is 1.71 bits per heavy atom. The first-order chi connectivity index (χ1) is 20.3. The minimum Gasteiger partial charge on any atom is -0.507 e. The van der Waals surface area contributed by atoms with Gasteiger partial charge in [0.1, 0.15) is 19.0 Å². The van der Waals surface area contributed by atoms with Crippen LogP contribution in [0.4, 0.5) is 5.13 Å². The molecule has 2 aliphatic heterocycles. The van der Waals surface area contributed by atoms with Gasteiger partial charge in [0.05, 0.1) is 35.0 Å². The lowest BCUT2D eigenvalue weighted by Crippen LogP contribution is -2.29. The molecule has 3 heterocycles. The van der Waals surface area contributed by atoms with Crippen LogP contribution in [-0.2, 0) is 9.59 Å². The molecule has 1 aromatic heterocycles. The Kier molecular flexibility index (Phi) is 7.24. The summed E-state index contributed by atoms with van der Waals surface area (Å²) in [6.45, 7) is 9.32. The summed E-state index contributed by atoms with van der Waals surface area (Å²) in [4.78, 5) is 33.7. The average molecular weight is 587 g/mol. The molecule has 1 atom stereocenters. The summed E-state index contributed by atoms with van der Waals surface area (Å²) in [6, 6.07) is 13.3. The highest BCUT2D eigenvalue weighted by molar-refractivity contribution is 7.22. The number of Topliss-reactive ketones (excluding diaryl/α,β-unsaturated/α-hetero) is 1. The molecule has 0 bridgehead atoms. The van der Waals surface area contributed by atoms with Crippen LogP contribution in [0.5, 0.6) is 23.0 Å². The number of benzene rings is 3. The molecule has 1 saturated heterocycles. The molecular formula is C32H30N2O7S. The molecule has 3 aromatic carbocycles. The summed E-state index contributed by atoms with van der Waals surface area (Å²) in [7, 11) is 0. The lowest BCUT2D eigenvalue weighted by Gasteiger charge is -2.24. The van der Waals surface area contributed by atoms with Crippen LogP contribution in [0.3, 0.4) is 0 Å². The van der Waals surface area contributed by atoms with Gasteiger partial charge >= 0.3 is 5.91 Å². The molecule has 216 valence electrons. The molecule has 0 spiro atoms. The van der Waals surface area contributed by atoms with Crippen molar-refractivity contribution in [1.82, 2.24) is 4.98 Å². The van der Waals surface area contributed by atoms with Gasteiger partial charge < -0.3 is 24.1 Å². The van der Waals surface area contributed by atoms with Gasteiger partial charge in [-0.2, -0.15) is 0 Å². The van der Waals surface area contributed by atoms with Crippen molar-refractivity contribution in [1.29, 1.82) is 0 Å². The minimum absolute atomic E-state index is 0.0598. The summed E-state index contributed by atoms with van der Waals surface area (Å²) in [5.74, 6) is 0.0923. The van der Waals surface area contributed by atoms with E-state index >= 15 is 0 Å². The van der Waals surface area contributed by atoms with Crippen molar-refractivity contribution in [2.75, 3.05) is 31.3 Å². The number of hydrogen-bond donors (Lipinski definition) is 1. The molecule has 0 unspecified atom stereocenters. The molecule has 0 saturated carbocycles. The topological polar surface area (TPSA) is 107 Å². The zero-order valence-electron chi connectivity index (χ0n) is 23.7. The average Bonchev–Trinajstić information content (AvgIpc) is 3.52. The van der Waals surface area contributed by atoms with Crippen LogP contribution in [0.15, 0.2) is 54.1 Å². The minimum atomic E-state index is -0.977. The Balaban J connectivity index is 1.56. The lowest BCUT2D eigenvalue weighted by atomic mass is 9.95. The molecule has 0 aliphatic carbocycles. The van der Waals surface area contributed by atoms with E-state index in [0.717, 1.165) is 21.3 Å². The molecule has 4 aromatic rings. The fourth-order valence-electron chi connectivity index (χ4n) is 5.39. The van der Waals surface area contributed by atoms with Gasteiger partial charge in [-0.1, -0.05) is 23.5 Å². The van der Waals surface area contributed by atoms with E-state index in [0.29, 0.717) is 65.7 Å². The number of aliphatic hydroxyl groups is 1. The van der Waals surface area contributed by atoms with Crippen LogP contribution < -0.4 is 23.8 Å². The number of carbonyl (C=O) groups excluding carboxylic acids is 2. The third-order valence-corrected chi connectivity index (χ3v) is 8.17. The van der Waals surface area contributed by atoms with E-state index in [-0.39, 0.29) is 11.3 Å². The van der Waals surface area contributed by atoms with E-state index in [1.54, 1.807) is 36.4 Å². The maximum absolute atomic E-state index is 13.8. The van der Waals surface area contributed by atoms with Crippen LogP contribution in [0.25, 0.3) is 16.0 Å². The smallest absolute Gasteiger partial charge is 0.301 e. The van der Waals surface area contributed by atoms with E-state index in [2.05, 4.69) is 0 Å². The van der Waals surface area contributed by atoms with Crippen LogP contribution in [-0.4, -0.2) is 48.2 Å². The zero-order valence-corrected chi connectivity index (χ0v) is 24.5. The molecule has 1 amide bonds. The van der Waals surface area contributed by atoms with Gasteiger partial charge in [0.2, 0.25) is 0 Å².